The first kappa shape index (κ1) is 13.9. The molecule has 19 heavy (non-hydrogen) atoms. The molecule has 0 unspecified atom stereocenters. The number of piperidine rings is 1. The minimum Gasteiger partial charge on any atom is -0.370 e. The third-order valence-corrected chi connectivity index (χ3v) is 3.59. The Bertz CT molecular complexity index is 454. The molecule has 0 aliphatic carbocycles. The predicted octanol–water partition coefficient (Wildman–Crippen LogP) is 3.05. The van der Waals surface area contributed by atoms with E-state index in [9.17, 15) is 5.26 Å². The highest BCUT2D eigenvalue weighted by atomic mass is 15.1. The Morgan fingerprint density at radius 1 is 1.26 bits per heavy atom. The molecule has 1 saturated heterocycles. The maximum Gasteiger partial charge on any atom is 0.101 e. The van der Waals surface area contributed by atoms with Gasteiger partial charge in [-0.3, -0.25) is 0 Å². The van der Waals surface area contributed by atoms with Crippen molar-refractivity contribution in [3.05, 3.63) is 29.3 Å². The molecule has 1 heterocycles. The number of hydrogen-bond donors (Lipinski definition) is 1. The standard InChI is InChI=1S/C16H23N3/c1-13(2)18-12-14-6-7-16(15(10-14)11-17)19-8-4-3-5-9-19/h6-7,10,13,18H,3-5,8-9,12H2,1-2H3. The normalized spacial score (nSPS) is 15.6. The lowest BCUT2D eigenvalue weighted by atomic mass is 10.0. The summed E-state index contributed by atoms with van der Waals surface area (Å²) >= 11 is 0. The fraction of sp³-hybridized carbons (Fsp3) is 0.562. The predicted molar refractivity (Wildman–Crippen MR) is 79.2 cm³/mol. The second-order valence-electron chi connectivity index (χ2n) is 5.55. The van der Waals surface area contributed by atoms with Crippen molar-refractivity contribution >= 4 is 5.69 Å². The Morgan fingerprint density at radius 2 is 2.00 bits per heavy atom. The van der Waals surface area contributed by atoms with Gasteiger partial charge in [0, 0.05) is 25.7 Å². The van der Waals surface area contributed by atoms with Crippen LogP contribution in [0.5, 0.6) is 0 Å². The van der Waals surface area contributed by atoms with E-state index in [-0.39, 0.29) is 0 Å². The molecule has 3 nitrogen and oxygen atoms in total. The molecule has 0 aromatic heterocycles. The van der Waals surface area contributed by atoms with E-state index in [1.165, 1.54) is 24.8 Å². The zero-order valence-electron chi connectivity index (χ0n) is 11.9. The Hall–Kier alpha value is -1.53. The molecule has 1 aliphatic rings. The molecule has 0 saturated carbocycles. The summed E-state index contributed by atoms with van der Waals surface area (Å²) in [7, 11) is 0. The van der Waals surface area contributed by atoms with E-state index in [0.717, 1.165) is 30.9 Å². The molecule has 2 rings (SSSR count). The Labute approximate surface area is 116 Å². The van der Waals surface area contributed by atoms with Crippen molar-refractivity contribution in [3.63, 3.8) is 0 Å². The van der Waals surface area contributed by atoms with E-state index >= 15 is 0 Å². The topological polar surface area (TPSA) is 39.1 Å². The first-order chi connectivity index (χ1) is 9.20. The number of nitrogens with one attached hydrogen (secondary N) is 1. The number of benzene rings is 1. The zero-order chi connectivity index (χ0) is 13.7. The van der Waals surface area contributed by atoms with Crippen LogP contribution in [-0.2, 0) is 6.54 Å². The Kier molecular flexibility index (Phi) is 4.81. The number of anilines is 1. The third-order valence-electron chi connectivity index (χ3n) is 3.59. The van der Waals surface area contributed by atoms with E-state index in [4.69, 9.17) is 0 Å². The molecule has 1 N–H and O–H groups in total. The molecule has 0 atom stereocenters. The van der Waals surface area contributed by atoms with Crippen molar-refractivity contribution in [2.24, 2.45) is 0 Å². The minimum atomic E-state index is 0.465. The molecule has 3 heteroatoms. The van der Waals surface area contributed by atoms with Gasteiger partial charge in [0.15, 0.2) is 0 Å². The summed E-state index contributed by atoms with van der Waals surface area (Å²) < 4.78 is 0. The van der Waals surface area contributed by atoms with Crippen LogP contribution in [0.1, 0.15) is 44.2 Å². The van der Waals surface area contributed by atoms with Crippen LogP contribution in [0.4, 0.5) is 5.69 Å². The molecule has 102 valence electrons. The zero-order valence-corrected chi connectivity index (χ0v) is 11.9. The van der Waals surface area contributed by atoms with Gasteiger partial charge in [-0.15, -0.1) is 0 Å². The molecular weight excluding hydrogens is 234 g/mol. The average Bonchev–Trinajstić information content (AvgIpc) is 2.45. The lowest BCUT2D eigenvalue weighted by Crippen LogP contribution is -2.30. The van der Waals surface area contributed by atoms with Crippen molar-refractivity contribution < 1.29 is 0 Å². The summed E-state index contributed by atoms with van der Waals surface area (Å²) in [6.45, 7) is 7.25. The second kappa shape index (κ2) is 6.58. The van der Waals surface area contributed by atoms with E-state index in [1.54, 1.807) is 0 Å². The summed E-state index contributed by atoms with van der Waals surface area (Å²) in [5.74, 6) is 0. The van der Waals surface area contributed by atoms with Gasteiger partial charge in [-0.1, -0.05) is 19.9 Å². The monoisotopic (exact) mass is 257 g/mol. The van der Waals surface area contributed by atoms with Crippen LogP contribution in [0.3, 0.4) is 0 Å². The molecule has 0 spiro atoms. The molecular formula is C16H23N3. The average molecular weight is 257 g/mol. The molecule has 1 aliphatic heterocycles. The molecule has 0 radical (unpaired) electrons. The van der Waals surface area contributed by atoms with Crippen LogP contribution in [0, 0.1) is 11.3 Å². The highest BCUT2D eigenvalue weighted by Crippen LogP contribution is 2.24. The van der Waals surface area contributed by atoms with Crippen LogP contribution in [0.2, 0.25) is 0 Å². The fourth-order valence-corrected chi connectivity index (χ4v) is 2.52. The Balaban J connectivity index is 2.14. The highest BCUT2D eigenvalue weighted by molar-refractivity contribution is 5.60. The van der Waals surface area contributed by atoms with Crippen molar-refractivity contribution in [1.82, 2.24) is 5.32 Å². The highest BCUT2D eigenvalue weighted by Gasteiger charge is 2.14. The van der Waals surface area contributed by atoms with Gasteiger partial charge in [0.05, 0.1) is 11.3 Å². The van der Waals surface area contributed by atoms with Crippen LogP contribution in [-0.4, -0.2) is 19.1 Å². The van der Waals surface area contributed by atoms with Crippen molar-refractivity contribution in [1.29, 1.82) is 5.26 Å². The first-order valence-electron chi connectivity index (χ1n) is 7.22. The van der Waals surface area contributed by atoms with Gasteiger partial charge < -0.3 is 10.2 Å². The van der Waals surface area contributed by atoms with E-state index in [0.29, 0.717) is 6.04 Å². The third kappa shape index (κ3) is 3.71. The second-order valence-corrected chi connectivity index (χ2v) is 5.55. The quantitative estimate of drug-likeness (QED) is 0.901. The van der Waals surface area contributed by atoms with E-state index < -0.39 is 0 Å². The van der Waals surface area contributed by atoms with E-state index in [1.807, 2.05) is 6.07 Å². The molecule has 0 amide bonds. The molecule has 1 fully saturated rings. The summed E-state index contributed by atoms with van der Waals surface area (Å²) in [5.41, 5.74) is 3.10. The summed E-state index contributed by atoms with van der Waals surface area (Å²) in [6, 6.07) is 9.10. The van der Waals surface area contributed by atoms with Gasteiger partial charge in [-0.25, -0.2) is 0 Å². The van der Waals surface area contributed by atoms with Gasteiger partial charge in [-0.2, -0.15) is 5.26 Å². The number of nitriles is 1. The van der Waals surface area contributed by atoms with Crippen LogP contribution < -0.4 is 10.2 Å². The van der Waals surface area contributed by atoms with Gasteiger partial charge in [0.1, 0.15) is 6.07 Å². The lowest BCUT2D eigenvalue weighted by Gasteiger charge is -2.29. The number of nitrogens with zero attached hydrogens (tertiary/aromatic N) is 2. The molecule has 0 bridgehead atoms. The maximum absolute atomic E-state index is 9.35. The van der Waals surface area contributed by atoms with Crippen LogP contribution in [0.15, 0.2) is 18.2 Å². The summed E-state index contributed by atoms with van der Waals surface area (Å²) in [6.07, 6.45) is 3.79. The minimum absolute atomic E-state index is 0.465. The number of rotatable bonds is 4. The Morgan fingerprint density at radius 3 is 2.63 bits per heavy atom. The van der Waals surface area contributed by atoms with Crippen LogP contribution >= 0.6 is 0 Å². The lowest BCUT2D eigenvalue weighted by molar-refractivity contribution is 0.576. The fourth-order valence-electron chi connectivity index (χ4n) is 2.52. The molecule has 1 aromatic carbocycles. The van der Waals surface area contributed by atoms with Gasteiger partial charge in [-0.05, 0) is 37.0 Å². The van der Waals surface area contributed by atoms with E-state index in [2.05, 4.69) is 42.3 Å². The maximum atomic E-state index is 9.35. The molecule has 1 aromatic rings. The summed E-state index contributed by atoms with van der Waals surface area (Å²) in [5, 5.41) is 12.7. The van der Waals surface area contributed by atoms with Gasteiger partial charge in [0.25, 0.3) is 0 Å². The first-order valence-corrected chi connectivity index (χ1v) is 7.22. The van der Waals surface area contributed by atoms with Crippen LogP contribution in [0.25, 0.3) is 0 Å². The smallest absolute Gasteiger partial charge is 0.101 e. The SMILES string of the molecule is CC(C)NCc1ccc(N2CCCCC2)c(C#N)c1. The number of hydrogen-bond acceptors (Lipinski definition) is 3. The largest absolute Gasteiger partial charge is 0.370 e. The van der Waals surface area contributed by atoms with Crippen molar-refractivity contribution in [2.75, 3.05) is 18.0 Å². The van der Waals surface area contributed by atoms with Gasteiger partial charge >= 0.3 is 0 Å². The van der Waals surface area contributed by atoms with Crippen molar-refractivity contribution in [2.45, 2.75) is 45.7 Å². The summed E-state index contributed by atoms with van der Waals surface area (Å²) in [4.78, 5) is 2.35. The van der Waals surface area contributed by atoms with Crippen molar-refractivity contribution in [3.8, 4) is 6.07 Å². The van der Waals surface area contributed by atoms with Gasteiger partial charge in [0.2, 0.25) is 0 Å².